The van der Waals surface area contributed by atoms with E-state index in [4.69, 9.17) is 18.9 Å². The Bertz CT molecular complexity index is 879. The second-order valence-corrected chi connectivity index (χ2v) is 6.16. The average molecular weight is 373 g/mol. The molecule has 0 N–H and O–H groups in total. The van der Waals surface area contributed by atoms with Gasteiger partial charge >= 0.3 is 5.97 Å². The Labute approximate surface area is 155 Å². The number of esters is 1. The van der Waals surface area contributed by atoms with Crippen LogP contribution in [-0.2, 0) is 27.5 Å². The van der Waals surface area contributed by atoms with Crippen molar-refractivity contribution in [2.75, 3.05) is 13.4 Å². The topological polar surface area (TPSA) is 97.1 Å². The van der Waals surface area contributed by atoms with Gasteiger partial charge in [-0.3, -0.25) is 10.1 Å². The summed E-state index contributed by atoms with van der Waals surface area (Å²) in [7, 11) is 0. The third-order valence-corrected chi connectivity index (χ3v) is 4.21. The summed E-state index contributed by atoms with van der Waals surface area (Å²) in [6, 6.07) is 8.25. The first-order valence-corrected chi connectivity index (χ1v) is 8.30. The van der Waals surface area contributed by atoms with E-state index in [1.54, 1.807) is 6.07 Å². The first kappa shape index (κ1) is 18.7. The molecule has 0 unspecified atom stereocenters. The fraction of sp³-hybridized carbons (Fsp3) is 0.316. The van der Waals surface area contributed by atoms with Crippen molar-refractivity contribution >= 4 is 11.7 Å². The minimum atomic E-state index is -0.583. The van der Waals surface area contributed by atoms with Crippen molar-refractivity contribution in [3.05, 3.63) is 62.7 Å². The summed E-state index contributed by atoms with van der Waals surface area (Å²) >= 11 is 0. The van der Waals surface area contributed by atoms with Gasteiger partial charge in [0.1, 0.15) is 18.1 Å². The third kappa shape index (κ3) is 4.53. The van der Waals surface area contributed by atoms with Crippen molar-refractivity contribution < 1.29 is 28.7 Å². The van der Waals surface area contributed by atoms with Crippen molar-refractivity contribution in [3.63, 3.8) is 0 Å². The van der Waals surface area contributed by atoms with Crippen LogP contribution in [0.5, 0.6) is 11.5 Å². The molecule has 1 aliphatic rings. The highest BCUT2D eigenvalue weighted by atomic mass is 16.7. The number of fused-ring (bicyclic) bond motifs is 1. The average Bonchev–Trinajstić information content (AvgIpc) is 2.66. The molecule has 1 heterocycles. The van der Waals surface area contributed by atoms with Gasteiger partial charge in [-0.15, -0.1) is 0 Å². The van der Waals surface area contributed by atoms with E-state index in [-0.39, 0.29) is 32.3 Å². The Kier molecular flexibility index (Phi) is 5.56. The van der Waals surface area contributed by atoms with Crippen LogP contribution in [0.1, 0.15) is 22.3 Å². The summed E-state index contributed by atoms with van der Waals surface area (Å²) in [5, 5.41) is 11.1. The highest BCUT2D eigenvalue weighted by molar-refractivity contribution is 5.71. The molecule has 0 bridgehead atoms. The molecule has 0 spiro atoms. The van der Waals surface area contributed by atoms with Crippen LogP contribution >= 0.6 is 0 Å². The summed E-state index contributed by atoms with van der Waals surface area (Å²) < 4.78 is 21.2. The molecule has 0 saturated carbocycles. The van der Waals surface area contributed by atoms with E-state index in [1.165, 1.54) is 12.1 Å². The zero-order chi connectivity index (χ0) is 19.4. The molecule has 2 aromatic rings. The molecule has 8 heteroatoms. The maximum Gasteiger partial charge on any atom is 0.344 e. The number of aryl methyl sites for hydroxylation is 2. The van der Waals surface area contributed by atoms with Crippen molar-refractivity contribution in [2.45, 2.75) is 27.1 Å². The number of rotatable bonds is 6. The van der Waals surface area contributed by atoms with Crippen molar-refractivity contribution in [1.29, 1.82) is 0 Å². The maximum absolute atomic E-state index is 12.0. The summed E-state index contributed by atoms with van der Waals surface area (Å²) in [6.45, 7) is 3.77. The van der Waals surface area contributed by atoms with Crippen LogP contribution in [0, 0.1) is 24.0 Å². The molecule has 142 valence electrons. The first-order chi connectivity index (χ1) is 12.9. The molecule has 0 amide bonds. The van der Waals surface area contributed by atoms with Crippen LogP contribution in [0.4, 0.5) is 5.69 Å². The van der Waals surface area contributed by atoms with E-state index in [9.17, 15) is 14.9 Å². The fourth-order valence-corrected chi connectivity index (χ4v) is 2.64. The highest BCUT2D eigenvalue weighted by Gasteiger charge is 2.21. The second kappa shape index (κ2) is 8.05. The Hall–Kier alpha value is -3.13. The Morgan fingerprint density at radius 1 is 1.22 bits per heavy atom. The lowest BCUT2D eigenvalue weighted by Crippen LogP contribution is -2.17. The lowest BCUT2D eigenvalue weighted by atomic mass is 10.1. The van der Waals surface area contributed by atoms with Crippen molar-refractivity contribution in [2.24, 2.45) is 0 Å². The maximum atomic E-state index is 12.0. The van der Waals surface area contributed by atoms with Gasteiger partial charge < -0.3 is 18.9 Å². The third-order valence-electron chi connectivity index (χ3n) is 4.21. The Morgan fingerprint density at radius 2 is 2.04 bits per heavy atom. The number of nitrogens with zero attached hydrogens (tertiary/aromatic N) is 1. The van der Waals surface area contributed by atoms with Gasteiger partial charge in [0.25, 0.3) is 5.69 Å². The van der Waals surface area contributed by atoms with Crippen molar-refractivity contribution in [1.82, 2.24) is 0 Å². The van der Waals surface area contributed by atoms with Crippen LogP contribution in [0.2, 0.25) is 0 Å². The number of carbonyl (C=O) groups excluding carboxylic acids is 1. The summed E-state index contributed by atoms with van der Waals surface area (Å²) in [5.41, 5.74) is 3.04. The van der Waals surface area contributed by atoms with Gasteiger partial charge in [0.2, 0.25) is 0 Å². The van der Waals surface area contributed by atoms with Gasteiger partial charge in [-0.1, -0.05) is 6.07 Å². The predicted octanol–water partition coefficient (Wildman–Crippen LogP) is 3.20. The number of carbonyl (C=O) groups is 1. The van der Waals surface area contributed by atoms with Gasteiger partial charge in [-0.25, -0.2) is 4.79 Å². The number of non-ortho nitro benzene ring substituents is 1. The molecule has 0 atom stereocenters. The van der Waals surface area contributed by atoms with Crippen LogP contribution in [0.3, 0.4) is 0 Å². The lowest BCUT2D eigenvalue weighted by Gasteiger charge is -2.20. The number of benzene rings is 2. The standard InChI is InChI=1S/C19H19NO7/c1-12-3-4-17(5-13(12)2)25-10-18(21)26-9-15-7-16(20(22)23)6-14-8-24-11-27-19(14)15/h3-7H,8-11H2,1-2H3. The summed E-state index contributed by atoms with van der Waals surface area (Å²) in [5.74, 6) is 0.443. The smallest absolute Gasteiger partial charge is 0.344 e. The van der Waals surface area contributed by atoms with E-state index < -0.39 is 10.9 Å². The number of hydrogen-bond donors (Lipinski definition) is 0. The zero-order valence-corrected chi connectivity index (χ0v) is 15.0. The van der Waals surface area contributed by atoms with E-state index in [0.29, 0.717) is 22.6 Å². The molecule has 0 saturated heterocycles. The van der Waals surface area contributed by atoms with Gasteiger partial charge in [-0.05, 0) is 37.1 Å². The minimum Gasteiger partial charge on any atom is -0.482 e. The van der Waals surface area contributed by atoms with Gasteiger partial charge in [0.05, 0.1) is 11.5 Å². The van der Waals surface area contributed by atoms with Gasteiger partial charge in [-0.2, -0.15) is 0 Å². The van der Waals surface area contributed by atoms with Crippen molar-refractivity contribution in [3.8, 4) is 11.5 Å². The molecule has 0 aromatic heterocycles. The number of hydrogen-bond acceptors (Lipinski definition) is 7. The fourth-order valence-electron chi connectivity index (χ4n) is 2.64. The first-order valence-electron chi connectivity index (χ1n) is 8.30. The number of ether oxygens (including phenoxy) is 4. The quantitative estimate of drug-likeness (QED) is 0.436. The molecular formula is C19H19NO7. The SMILES string of the molecule is Cc1ccc(OCC(=O)OCc2cc([N+](=O)[O-])cc3c2OCOC3)cc1C. The molecular weight excluding hydrogens is 354 g/mol. The second-order valence-electron chi connectivity index (χ2n) is 6.16. The zero-order valence-electron chi connectivity index (χ0n) is 15.0. The molecule has 27 heavy (non-hydrogen) atoms. The van der Waals surface area contributed by atoms with Gasteiger partial charge in [0, 0.05) is 23.3 Å². The predicted molar refractivity (Wildman–Crippen MR) is 94.6 cm³/mol. The largest absolute Gasteiger partial charge is 0.482 e. The summed E-state index contributed by atoms with van der Waals surface area (Å²) in [4.78, 5) is 22.6. The molecule has 0 aliphatic carbocycles. The molecule has 8 nitrogen and oxygen atoms in total. The van der Waals surface area contributed by atoms with E-state index in [0.717, 1.165) is 11.1 Å². The minimum absolute atomic E-state index is 0.0433. The number of nitro benzene ring substituents is 1. The molecule has 1 aliphatic heterocycles. The Morgan fingerprint density at radius 3 is 2.78 bits per heavy atom. The van der Waals surface area contributed by atoms with Crippen LogP contribution in [-0.4, -0.2) is 24.3 Å². The van der Waals surface area contributed by atoms with Crippen LogP contribution in [0.25, 0.3) is 0 Å². The summed E-state index contributed by atoms with van der Waals surface area (Å²) in [6.07, 6.45) is 0. The normalized spacial score (nSPS) is 12.7. The monoisotopic (exact) mass is 373 g/mol. The highest BCUT2D eigenvalue weighted by Crippen LogP contribution is 2.33. The van der Waals surface area contributed by atoms with Crippen LogP contribution < -0.4 is 9.47 Å². The van der Waals surface area contributed by atoms with Crippen LogP contribution in [0.15, 0.2) is 30.3 Å². The molecule has 0 fully saturated rings. The Balaban J connectivity index is 1.63. The lowest BCUT2D eigenvalue weighted by molar-refractivity contribution is -0.385. The number of nitro groups is 1. The van der Waals surface area contributed by atoms with E-state index in [2.05, 4.69) is 0 Å². The molecule has 2 aromatic carbocycles. The van der Waals surface area contributed by atoms with Gasteiger partial charge in [0.15, 0.2) is 13.4 Å². The van der Waals surface area contributed by atoms with E-state index in [1.807, 2.05) is 26.0 Å². The van der Waals surface area contributed by atoms with E-state index >= 15 is 0 Å². The molecule has 3 rings (SSSR count). The molecule has 0 radical (unpaired) electrons.